The third kappa shape index (κ3) is 1.99. The molecule has 1 aliphatic heterocycles. The number of rotatable bonds is 2. The minimum atomic E-state index is -1.34. The molecule has 0 radical (unpaired) electrons. The normalized spacial score (nSPS) is 21.9. The fraction of sp³-hybridized carbons (Fsp3) is 0.308. The maximum absolute atomic E-state index is 13.5. The summed E-state index contributed by atoms with van der Waals surface area (Å²) in [6.45, 7) is 0. The molecule has 1 atom stereocenters. The Hall–Kier alpha value is -1.59. The van der Waals surface area contributed by atoms with Crippen LogP contribution in [0.25, 0.3) is 0 Å². The maximum atomic E-state index is 13.5. The van der Waals surface area contributed by atoms with Crippen LogP contribution in [0.15, 0.2) is 23.9 Å². The van der Waals surface area contributed by atoms with Crippen LogP contribution >= 0.6 is 11.6 Å². The smallest absolute Gasteiger partial charge is 0.336 e. The molecule has 1 saturated carbocycles. The van der Waals surface area contributed by atoms with E-state index in [1.54, 1.807) is 4.90 Å². The fourth-order valence-corrected chi connectivity index (χ4v) is 2.44. The van der Waals surface area contributed by atoms with E-state index < -0.39 is 17.9 Å². The molecule has 1 fully saturated rings. The third-order valence-electron chi connectivity index (χ3n) is 3.40. The number of halogens is 2. The summed E-state index contributed by atoms with van der Waals surface area (Å²) in [5.41, 5.74) is 0.668. The lowest BCUT2D eigenvalue weighted by molar-refractivity contribution is -0.133. The predicted octanol–water partition coefficient (Wildman–Crippen LogP) is 2.46. The van der Waals surface area contributed by atoms with Crippen LogP contribution < -0.4 is 4.90 Å². The Balaban J connectivity index is 2.16. The molecular weight excluding hydrogens is 273 g/mol. The number of benzene rings is 1. The summed E-state index contributed by atoms with van der Waals surface area (Å²) in [6, 6.07) is 2.73. The Bertz CT molecular complexity index is 598. The summed E-state index contributed by atoms with van der Waals surface area (Å²) in [4.78, 5) is 12.9. The van der Waals surface area contributed by atoms with Crippen molar-refractivity contribution in [2.24, 2.45) is 0 Å². The van der Waals surface area contributed by atoms with Crippen LogP contribution in [0, 0.1) is 5.82 Å². The van der Waals surface area contributed by atoms with E-state index in [-0.39, 0.29) is 22.2 Å². The first kappa shape index (κ1) is 12.4. The van der Waals surface area contributed by atoms with E-state index in [1.807, 2.05) is 0 Å². The van der Waals surface area contributed by atoms with E-state index in [1.165, 1.54) is 12.3 Å². The van der Waals surface area contributed by atoms with Crippen LogP contribution in [0.2, 0.25) is 5.02 Å². The molecule has 4 nitrogen and oxygen atoms in total. The van der Waals surface area contributed by atoms with Crippen molar-refractivity contribution in [3.05, 3.63) is 40.3 Å². The first-order valence-electron chi connectivity index (χ1n) is 5.89. The zero-order chi connectivity index (χ0) is 13.7. The quantitative estimate of drug-likeness (QED) is 0.875. The van der Waals surface area contributed by atoms with Crippen molar-refractivity contribution in [2.75, 3.05) is 4.90 Å². The van der Waals surface area contributed by atoms with Gasteiger partial charge < -0.3 is 15.1 Å². The van der Waals surface area contributed by atoms with Gasteiger partial charge in [0.1, 0.15) is 11.9 Å². The van der Waals surface area contributed by atoms with E-state index in [4.69, 9.17) is 16.7 Å². The fourth-order valence-electron chi connectivity index (χ4n) is 2.28. The van der Waals surface area contributed by atoms with Crippen molar-refractivity contribution in [3.8, 4) is 0 Å². The molecule has 100 valence electrons. The van der Waals surface area contributed by atoms with Gasteiger partial charge in [-0.1, -0.05) is 11.6 Å². The van der Waals surface area contributed by atoms with Crippen LogP contribution in [0.3, 0.4) is 0 Å². The van der Waals surface area contributed by atoms with E-state index in [0.717, 1.165) is 18.9 Å². The largest absolute Gasteiger partial charge is 0.478 e. The van der Waals surface area contributed by atoms with E-state index in [0.29, 0.717) is 5.69 Å². The average Bonchev–Trinajstić information content (AvgIpc) is 3.16. The number of carbonyl (C=O) groups is 1. The first-order valence-corrected chi connectivity index (χ1v) is 6.27. The highest BCUT2D eigenvalue weighted by Crippen LogP contribution is 2.43. The van der Waals surface area contributed by atoms with Gasteiger partial charge in [0.15, 0.2) is 0 Å². The number of carboxylic acid groups (broad SMARTS) is 1. The summed E-state index contributed by atoms with van der Waals surface area (Å²) >= 11 is 5.76. The second kappa shape index (κ2) is 4.21. The summed E-state index contributed by atoms with van der Waals surface area (Å²) in [7, 11) is 0. The molecular formula is C13H11ClFNO3. The van der Waals surface area contributed by atoms with Crippen LogP contribution in [-0.2, 0) is 4.79 Å². The second-order valence-electron chi connectivity index (χ2n) is 4.76. The van der Waals surface area contributed by atoms with Crippen molar-refractivity contribution < 1.29 is 19.4 Å². The second-order valence-corrected chi connectivity index (χ2v) is 5.16. The molecule has 2 N–H and O–H groups in total. The number of aliphatic carboxylic acids is 1. The Morgan fingerprint density at radius 3 is 2.68 bits per heavy atom. The first-order chi connectivity index (χ1) is 8.99. The summed E-state index contributed by atoms with van der Waals surface area (Å²) in [6.07, 6.45) is 1.96. The number of aliphatic hydroxyl groups excluding tert-OH is 1. The van der Waals surface area contributed by atoms with Crippen molar-refractivity contribution in [1.29, 1.82) is 0 Å². The van der Waals surface area contributed by atoms with Crippen molar-refractivity contribution >= 4 is 23.3 Å². The lowest BCUT2D eigenvalue weighted by atomic mass is 9.96. The van der Waals surface area contributed by atoms with Gasteiger partial charge >= 0.3 is 5.97 Å². The van der Waals surface area contributed by atoms with Gasteiger partial charge in [0.25, 0.3) is 0 Å². The van der Waals surface area contributed by atoms with Crippen LogP contribution in [0.1, 0.15) is 24.5 Å². The van der Waals surface area contributed by atoms with Crippen molar-refractivity contribution in [2.45, 2.75) is 25.0 Å². The average molecular weight is 284 g/mol. The molecule has 1 aliphatic carbocycles. The summed E-state index contributed by atoms with van der Waals surface area (Å²) < 4.78 is 13.5. The number of fused-ring (bicyclic) bond motifs is 1. The Morgan fingerprint density at radius 1 is 1.42 bits per heavy atom. The highest BCUT2D eigenvalue weighted by atomic mass is 35.5. The van der Waals surface area contributed by atoms with Crippen molar-refractivity contribution in [1.82, 2.24) is 0 Å². The molecule has 0 bridgehead atoms. The molecule has 0 saturated heterocycles. The molecule has 0 spiro atoms. The van der Waals surface area contributed by atoms with E-state index in [2.05, 4.69) is 0 Å². The highest BCUT2D eigenvalue weighted by molar-refractivity contribution is 6.31. The van der Waals surface area contributed by atoms with Gasteiger partial charge in [-0.15, -0.1) is 0 Å². The molecule has 0 aromatic heterocycles. The molecule has 6 heteroatoms. The molecule has 3 rings (SSSR count). The zero-order valence-electron chi connectivity index (χ0n) is 9.81. The number of aliphatic hydroxyl groups is 1. The maximum Gasteiger partial charge on any atom is 0.336 e. The Labute approximate surface area is 113 Å². The lowest BCUT2D eigenvalue weighted by Crippen LogP contribution is -2.29. The number of nitrogens with zero attached hydrogens (tertiary/aromatic N) is 1. The summed E-state index contributed by atoms with van der Waals surface area (Å²) in [5, 5.41) is 19.1. The minimum absolute atomic E-state index is 0.0382. The lowest BCUT2D eigenvalue weighted by Gasteiger charge is -2.31. The molecule has 2 aliphatic rings. The molecule has 1 aromatic rings. The third-order valence-corrected chi connectivity index (χ3v) is 3.69. The SMILES string of the molecule is O=C(O)C1=CN(C2CC2)c2cc(Cl)c(F)cc2C1O. The highest BCUT2D eigenvalue weighted by Gasteiger charge is 2.37. The topological polar surface area (TPSA) is 60.8 Å². The molecule has 0 amide bonds. The predicted molar refractivity (Wildman–Crippen MR) is 67.6 cm³/mol. The van der Waals surface area contributed by atoms with Crippen LogP contribution in [0.4, 0.5) is 10.1 Å². The molecule has 1 unspecified atom stereocenters. The monoisotopic (exact) mass is 283 g/mol. The molecule has 19 heavy (non-hydrogen) atoms. The van der Waals surface area contributed by atoms with Gasteiger partial charge in [-0.25, -0.2) is 9.18 Å². The summed E-state index contributed by atoms with van der Waals surface area (Å²) in [5.74, 6) is -1.87. The Kier molecular flexibility index (Phi) is 2.76. The minimum Gasteiger partial charge on any atom is -0.478 e. The van der Waals surface area contributed by atoms with E-state index >= 15 is 0 Å². The van der Waals surface area contributed by atoms with Gasteiger partial charge in [0.05, 0.1) is 10.6 Å². The van der Waals surface area contributed by atoms with E-state index in [9.17, 15) is 14.3 Å². The number of hydrogen-bond acceptors (Lipinski definition) is 3. The standard InChI is InChI=1S/C13H11ClFNO3/c14-9-4-11-7(3-10(9)15)12(17)8(13(18)19)5-16(11)6-1-2-6/h3-6,12,17H,1-2H2,(H,18,19). The van der Waals surface area contributed by atoms with Crippen molar-refractivity contribution in [3.63, 3.8) is 0 Å². The van der Waals surface area contributed by atoms with Gasteiger partial charge in [-0.2, -0.15) is 0 Å². The van der Waals surface area contributed by atoms with Gasteiger partial charge in [0.2, 0.25) is 0 Å². The van der Waals surface area contributed by atoms with Crippen LogP contribution in [0.5, 0.6) is 0 Å². The van der Waals surface area contributed by atoms with Gasteiger partial charge in [-0.3, -0.25) is 0 Å². The number of anilines is 1. The number of hydrogen-bond donors (Lipinski definition) is 2. The molecule has 1 aromatic carbocycles. The number of carboxylic acids is 1. The zero-order valence-corrected chi connectivity index (χ0v) is 10.6. The Morgan fingerprint density at radius 2 is 2.11 bits per heavy atom. The van der Waals surface area contributed by atoms with Crippen LogP contribution in [-0.4, -0.2) is 22.2 Å². The van der Waals surface area contributed by atoms with Gasteiger partial charge in [-0.05, 0) is 25.0 Å². The van der Waals surface area contributed by atoms with Gasteiger partial charge in [0, 0.05) is 23.5 Å². The molecule has 1 heterocycles.